The third kappa shape index (κ3) is 2.52. The van der Waals surface area contributed by atoms with Gasteiger partial charge in [-0.05, 0) is 44.7 Å². The normalized spacial score (nSPS) is 16.9. The lowest BCUT2D eigenvalue weighted by Gasteiger charge is -2.41. The van der Waals surface area contributed by atoms with Gasteiger partial charge < -0.3 is 9.30 Å². The number of aromatic nitrogens is 2. The number of nitrogens with zero attached hydrogens (tertiary/aromatic N) is 2. The van der Waals surface area contributed by atoms with Crippen LogP contribution in [0.2, 0.25) is 0 Å². The highest BCUT2D eigenvalue weighted by atomic mass is 35.5. The van der Waals surface area contributed by atoms with Crippen molar-refractivity contribution >= 4 is 22.6 Å². The Morgan fingerprint density at radius 3 is 2.81 bits per heavy atom. The van der Waals surface area contributed by atoms with E-state index in [1.165, 1.54) is 24.8 Å². The predicted molar refractivity (Wildman–Crippen MR) is 87.4 cm³/mol. The zero-order valence-electron chi connectivity index (χ0n) is 12.9. The molecule has 0 bridgehead atoms. The summed E-state index contributed by atoms with van der Waals surface area (Å²) in [7, 11) is 0. The third-order valence-electron chi connectivity index (χ3n) is 4.47. The molecule has 0 unspecified atom stereocenters. The molecule has 1 heterocycles. The molecule has 1 saturated carbocycles. The Kier molecular flexibility index (Phi) is 4.12. The largest absolute Gasteiger partial charge is 0.491 e. The molecule has 0 amide bonds. The lowest BCUT2D eigenvalue weighted by molar-refractivity contribution is 0.170. The third-order valence-corrected chi connectivity index (χ3v) is 4.66. The second-order valence-corrected chi connectivity index (χ2v) is 6.50. The molecule has 0 spiro atoms. The average Bonchev–Trinajstić information content (AvgIpc) is 2.82. The molecule has 1 aliphatic rings. The summed E-state index contributed by atoms with van der Waals surface area (Å²) in [5.41, 5.74) is 2.37. The maximum absolute atomic E-state index is 5.99. The fraction of sp³-hybridized carbons (Fsp3) is 0.588. The minimum Gasteiger partial charge on any atom is -0.491 e. The van der Waals surface area contributed by atoms with Crippen LogP contribution in [0.5, 0.6) is 5.75 Å². The first kappa shape index (κ1) is 14.7. The van der Waals surface area contributed by atoms with E-state index >= 15 is 0 Å². The minimum absolute atomic E-state index is 0.194. The van der Waals surface area contributed by atoms with Crippen LogP contribution in [0.4, 0.5) is 0 Å². The van der Waals surface area contributed by atoms with E-state index in [0.29, 0.717) is 5.88 Å². The number of imidazole rings is 1. The molecular formula is C17H23ClN2O. The topological polar surface area (TPSA) is 27.1 Å². The summed E-state index contributed by atoms with van der Waals surface area (Å²) in [6, 6.07) is 6.24. The molecule has 0 atom stereocenters. The van der Waals surface area contributed by atoms with Gasteiger partial charge in [-0.1, -0.05) is 13.0 Å². The highest BCUT2D eigenvalue weighted by Crippen LogP contribution is 2.42. The Morgan fingerprint density at radius 2 is 2.19 bits per heavy atom. The van der Waals surface area contributed by atoms with Crippen LogP contribution in [0, 0.1) is 0 Å². The molecule has 0 N–H and O–H groups in total. The highest BCUT2D eigenvalue weighted by molar-refractivity contribution is 6.17. The summed E-state index contributed by atoms with van der Waals surface area (Å²) in [6.45, 7) is 5.18. The zero-order valence-corrected chi connectivity index (χ0v) is 13.6. The van der Waals surface area contributed by atoms with E-state index in [9.17, 15) is 0 Å². The molecule has 3 rings (SSSR count). The van der Waals surface area contributed by atoms with Crippen molar-refractivity contribution in [2.75, 3.05) is 12.5 Å². The fourth-order valence-electron chi connectivity index (χ4n) is 3.22. The summed E-state index contributed by atoms with van der Waals surface area (Å²) in [6.07, 6.45) is 5.53. The number of hydrogen-bond donors (Lipinski definition) is 0. The van der Waals surface area contributed by atoms with E-state index in [0.717, 1.165) is 36.5 Å². The van der Waals surface area contributed by atoms with Crippen molar-refractivity contribution in [2.45, 2.75) is 51.5 Å². The monoisotopic (exact) mass is 306 g/mol. The van der Waals surface area contributed by atoms with Gasteiger partial charge in [0.15, 0.2) is 0 Å². The predicted octanol–water partition coefficient (Wildman–Crippen LogP) is 4.51. The Labute approximate surface area is 131 Å². The van der Waals surface area contributed by atoms with E-state index < -0.39 is 0 Å². The van der Waals surface area contributed by atoms with Gasteiger partial charge in [-0.25, -0.2) is 4.98 Å². The van der Waals surface area contributed by atoms with Crippen molar-refractivity contribution in [3.8, 4) is 5.75 Å². The van der Waals surface area contributed by atoms with Gasteiger partial charge in [0, 0.05) is 17.8 Å². The van der Waals surface area contributed by atoms with Crippen LogP contribution in [0.15, 0.2) is 18.2 Å². The lowest BCUT2D eigenvalue weighted by atomic mass is 9.78. The number of halogens is 1. The molecule has 0 radical (unpaired) electrons. The number of benzene rings is 1. The molecule has 0 saturated heterocycles. The molecule has 21 heavy (non-hydrogen) atoms. The standard InChI is InChI=1S/C17H23ClN2O/c1-3-12-21-14-7-4-6-13-16(14)19-15(8-11-18)20(13)17(2)9-5-10-17/h4,6-7H,3,5,8-12H2,1-2H3. The average molecular weight is 307 g/mol. The van der Waals surface area contributed by atoms with Crippen LogP contribution in [-0.4, -0.2) is 22.0 Å². The number of para-hydroxylation sites is 1. The highest BCUT2D eigenvalue weighted by Gasteiger charge is 2.36. The van der Waals surface area contributed by atoms with Gasteiger partial charge in [0.2, 0.25) is 0 Å². The molecular weight excluding hydrogens is 284 g/mol. The minimum atomic E-state index is 0.194. The van der Waals surface area contributed by atoms with Gasteiger partial charge in [0.25, 0.3) is 0 Å². The SMILES string of the molecule is CCCOc1cccc2c1nc(CCCl)n2C1(C)CCC1. The summed E-state index contributed by atoms with van der Waals surface area (Å²) in [5.74, 6) is 2.59. The van der Waals surface area contributed by atoms with Crippen LogP contribution in [0.25, 0.3) is 11.0 Å². The zero-order chi connectivity index (χ0) is 14.9. The first-order chi connectivity index (χ1) is 10.2. The molecule has 4 heteroatoms. The number of aryl methyl sites for hydroxylation is 1. The van der Waals surface area contributed by atoms with E-state index in [1.54, 1.807) is 0 Å². The molecule has 1 aromatic heterocycles. The van der Waals surface area contributed by atoms with Gasteiger partial charge in [-0.3, -0.25) is 0 Å². The fourth-order valence-corrected chi connectivity index (χ4v) is 3.39. The smallest absolute Gasteiger partial charge is 0.147 e. The Hall–Kier alpha value is -1.22. The van der Waals surface area contributed by atoms with E-state index in [2.05, 4.69) is 30.5 Å². The number of hydrogen-bond acceptors (Lipinski definition) is 2. The molecule has 1 aliphatic carbocycles. The van der Waals surface area contributed by atoms with Gasteiger partial charge in [0.1, 0.15) is 17.1 Å². The molecule has 2 aromatic rings. The van der Waals surface area contributed by atoms with Gasteiger partial charge in [-0.15, -0.1) is 11.6 Å². The van der Waals surface area contributed by atoms with Crippen molar-refractivity contribution in [3.05, 3.63) is 24.0 Å². The maximum Gasteiger partial charge on any atom is 0.147 e. The maximum atomic E-state index is 5.99. The van der Waals surface area contributed by atoms with Crippen molar-refractivity contribution in [2.24, 2.45) is 0 Å². The molecule has 3 nitrogen and oxygen atoms in total. The molecule has 1 fully saturated rings. The summed E-state index contributed by atoms with van der Waals surface area (Å²) in [4.78, 5) is 4.86. The van der Waals surface area contributed by atoms with E-state index in [4.69, 9.17) is 21.3 Å². The first-order valence-electron chi connectivity index (χ1n) is 7.89. The van der Waals surface area contributed by atoms with Crippen LogP contribution < -0.4 is 4.74 Å². The van der Waals surface area contributed by atoms with Crippen LogP contribution in [-0.2, 0) is 12.0 Å². The van der Waals surface area contributed by atoms with Gasteiger partial charge in [0.05, 0.1) is 12.1 Å². The number of ether oxygens (including phenoxy) is 1. The Bertz CT molecular complexity index is 631. The quantitative estimate of drug-likeness (QED) is 0.734. The van der Waals surface area contributed by atoms with Gasteiger partial charge >= 0.3 is 0 Å². The molecule has 0 aliphatic heterocycles. The Balaban J connectivity index is 2.12. The van der Waals surface area contributed by atoms with Crippen molar-refractivity contribution in [1.29, 1.82) is 0 Å². The number of rotatable bonds is 6. The summed E-state index contributed by atoms with van der Waals surface area (Å²) < 4.78 is 8.28. The summed E-state index contributed by atoms with van der Waals surface area (Å²) >= 11 is 5.99. The lowest BCUT2D eigenvalue weighted by Crippen LogP contribution is -2.38. The van der Waals surface area contributed by atoms with Crippen molar-refractivity contribution in [3.63, 3.8) is 0 Å². The summed E-state index contributed by atoms with van der Waals surface area (Å²) in [5, 5.41) is 0. The van der Waals surface area contributed by atoms with E-state index in [-0.39, 0.29) is 5.54 Å². The second kappa shape index (κ2) is 5.88. The van der Waals surface area contributed by atoms with Crippen molar-refractivity contribution in [1.82, 2.24) is 9.55 Å². The number of fused-ring (bicyclic) bond motifs is 1. The molecule has 1 aromatic carbocycles. The van der Waals surface area contributed by atoms with Crippen molar-refractivity contribution < 1.29 is 4.74 Å². The second-order valence-electron chi connectivity index (χ2n) is 6.13. The first-order valence-corrected chi connectivity index (χ1v) is 8.42. The van der Waals surface area contributed by atoms with E-state index in [1.807, 2.05) is 6.07 Å². The van der Waals surface area contributed by atoms with Crippen LogP contribution >= 0.6 is 11.6 Å². The Morgan fingerprint density at radius 1 is 1.38 bits per heavy atom. The van der Waals surface area contributed by atoms with Crippen LogP contribution in [0.3, 0.4) is 0 Å². The van der Waals surface area contributed by atoms with Gasteiger partial charge in [-0.2, -0.15) is 0 Å². The van der Waals surface area contributed by atoms with Crippen LogP contribution in [0.1, 0.15) is 45.4 Å². The molecule has 114 valence electrons. The number of alkyl halides is 1.